The Morgan fingerprint density at radius 3 is 2.52 bits per heavy atom. The summed E-state index contributed by atoms with van der Waals surface area (Å²) in [7, 11) is 1.35. The predicted octanol–water partition coefficient (Wildman–Crippen LogP) is 3.34. The van der Waals surface area contributed by atoms with Crippen molar-refractivity contribution < 1.29 is 23.5 Å². The summed E-state index contributed by atoms with van der Waals surface area (Å²) in [4.78, 5) is 35.8. The van der Waals surface area contributed by atoms with Gasteiger partial charge in [0, 0.05) is 28.7 Å². The maximum atomic E-state index is 13.7. The minimum absolute atomic E-state index is 0.174. The highest BCUT2D eigenvalue weighted by Gasteiger charge is 2.25. The molecule has 0 radical (unpaired) electrons. The lowest BCUT2D eigenvalue weighted by Gasteiger charge is -2.16. The smallest absolute Gasteiger partial charge is 0.331 e. The van der Waals surface area contributed by atoms with Gasteiger partial charge in [-0.15, -0.1) is 0 Å². The zero-order valence-corrected chi connectivity index (χ0v) is 15.8. The van der Waals surface area contributed by atoms with Crippen LogP contribution in [-0.4, -0.2) is 25.0 Å². The molecule has 0 spiro atoms. The van der Waals surface area contributed by atoms with Gasteiger partial charge in [-0.25, -0.2) is 14.0 Å². The Hall–Kier alpha value is -3.00. The molecule has 0 aliphatic heterocycles. The molecule has 0 saturated heterocycles. The maximum Gasteiger partial charge on any atom is 0.331 e. The Morgan fingerprint density at radius 2 is 1.85 bits per heavy atom. The van der Waals surface area contributed by atoms with Crippen molar-refractivity contribution in [2.24, 2.45) is 0 Å². The quantitative estimate of drug-likeness (QED) is 0.558. The van der Waals surface area contributed by atoms with E-state index in [0.717, 1.165) is 6.08 Å². The van der Waals surface area contributed by atoms with Gasteiger partial charge in [0.05, 0.1) is 0 Å². The van der Waals surface area contributed by atoms with Gasteiger partial charge in [-0.1, -0.05) is 46.3 Å². The van der Waals surface area contributed by atoms with E-state index >= 15 is 0 Å². The van der Waals surface area contributed by atoms with Crippen LogP contribution in [0.25, 0.3) is 6.08 Å². The molecule has 0 saturated carbocycles. The maximum absolute atomic E-state index is 13.7. The van der Waals surface area contributed by atoms with E-state index in [2.05, 4.69) is 26.6 Å². The van der Waals surface area contributed by atoms with Gasteiger partial charge in [-0.3, -0.25) is 10.1 Å². The minimum atomic E-state index is -1.34. The number of esters is 1. The number of ether oxygens (including phenoxy) is 1. The summed E-state index contributed by atoms with van der Waals surface area (Å²) in [5.74, 6) is -2.19. The first kappa shape index (κ1) is 20.3. The van der Waals surface area contributed by atoms with Crippen LogP contribution in [0.1, 0.15) is 17.2 Å². The number of benzene rings is 2. The van der Waals surface area contributed by atoms with Crippen molar-refractivity contribution >= 4 is 39.9 Å². The summed E-state index contributed by atoms with van der Waals surface area (Å²) in [6, 6.07) is 11.8. The highest BCUT2D eigenvalue weighted by molar-refractivity contribution is 9.10. The molecule has 0 aliphatic rings. The molecule has 0 heterocycles. The molecular formula is C19H16BrFN2O4. The number of urea groups is 1. The fraction of sp³-hybridized carbons (Fsp3) is 0.105. The number of imide groups is 1. The van der Waals surface area contributed by atoms with Crippen LogP contribution in [0.2, 0.25) is 0 Å². The third kappa shape index (κ3) is 6.03. The lowest BCUT2D eigenvalue weighted by molar-refractivity contribution is -0.151. The van der Waals surface area contributed by atoms with Gasteiger partial charge >= 0.3 is 12.0 Å². The fourth-order valence-corrected chi connectivity index (χ4v) is 2.48. The van der Waals surface area contributed by atoms with Gasteiger partial charge in [0.2, 0.25) is 6.10 Å². The van der Waals surface area contributed by atoms with Crippen LogP contribution in [0.3, 0.4) is 0 Å². The molecule has 2 rings (SSSR count). The summed E-state index contributed by atoms with van der Waals surface area (Å²) in [6.45, 7) is 0. The van der Waals surface area contributed by atoms with Crippen molar-refractivity contribution in [3.05, 3.63) is 76.0 Å². The predicted molar refractivity (Wildman–Crippen MR) is 101 cm³/mol. The summed E-state index contributed by atoms with van der Waals surface area (Å²) in [6.07, 6.45) is 0.905. The van der Waals surface area contributed by atoms with Crippen LogP contribution in [0.5, 0.6) is 0 Å². The van der Waals surface area contributed by atoms with E-state index in [0.29, 0.717) is 10.0 Å². The van der Waals surface area contributed by atoms with Crippen LogP contribution >= 0.6 is 15.9 Å². The first-order valence-corrected chi connectivity index (χ1v) is 8.61. The van der Waals surface area contributed by atoms with Gasteiger partial charge in [0.15, 0.2) is 0 Å². The van der Waals surface area contributed by atoms with Crippen LogP contribution in [0.15, 0.2) is 59.1 Å². The minimum Gasteiger partial charge on any atom is -0.444 e. The SMILES string of the molecule is CNC(=O)NC(=O)C(OC(=O)/C=C/c1cc(Br)ccc1F)c1ccccc1. The largest absolute Gasteiger partial charge is 0.444 e. The number of rotatable bonds is 5. The molecule has 2 aromatic rings. The summed E-state index contributed by atoms with van der Waals surface area (Å²) in [5.41, 5.74) is 0.557. The number of carbonyl (C=O) groups excluding carboxylic acids is 3. The molecule has 3 amide bonds. The molecule has 2 N–H and O–H groups in total. The van der Waals surface area contributed by atoms with Gasteiger partial charge in [0.1, 0.15) is 5.82 Å². The highest BCUT2D eigenvalue weighted by Crippen LogP contribution is 2.19. The lowest BCUT2D eigenvalue weighted by Crippen LogP contribution is -2.41. The summed E-state index contributed by atoms with van der Waals surface area (Å²) in [5, 5.41) is 4.31. The zero-order valence-electron chi connectivity index (χ0n) is 14.2. The van der Waals surface area contributed by atoms with Gasteiger partial charge in [-0.2, -0.15) is 0 Å². The van der Waals surface area contributed by atoms with Crippen LogP contribution < -0.4 is 10.6 Å². The topological polar surface area (TPSA) is 84.5 Å². The van der Waals surface area contributed by atoms with Crippen LogP contribution in [0, 0.1) is 5.82 Å². The van der Waals surface area contributed by atoms with E-state index in [1.54, 1.807) is 30.3 Å². The summed E-state index contributed by atoms with van der Waals surface area (Å²) < 4.78 is 19.6. The second-order valence-electron chi connectivity index (χ2n) is 5.30. The van der Waals surface area contributed by atoms with Crippen molar-refractivity contribution in [1.82, 2.24) is 10.6 Å². The third-order valence-electron chi connectivity index (χ3n) is 3.40. The molecular weight excluding hydrogens is 419 g/mol. The highest BCUT2D eigenvalue weighted by atomic mass is 79.9. The molecule has 6 nitrogen and oxygen atoms in total. The number of carbonyl (C=O) groups is 3. The number of halogens is 2. The van der Waals surface area contributed by atoms with Crippen molar-refractivity contribution in [2.75, 3.05) is 7.05 Å². The van der Waals surface area contributed by atoms with Crippen molar-refractivity contribution in [2.45, 2.75) is 6.10 Å². The van der Waals surface area contributed by atoms with Gasteiger partial charge in [0.25, 0.3) is 5.91 Å². The van der Waals surface area contributed by atoms with Crippen LogP contribution in [-0.2, 0) is 14.3 Å². The van der Waals surface area contributed by atoms with E-state index in [4.69, 9.17) is 4.74 Å². The molecule has 1 unspecified atom stereocenters. The molecule has 27 heavy (non-hydrogen) atoms. The van der Waals surface area contributed by atoms with Crippen LogP contribution in [0.4, 0.5) is 9.18 Å². The molecule has 0 bridgehead atoms. The van der Waals surface area contributed by atoms with Crippen molar-refractivity contribution in [1.29, 1.82) is 0 Å². The first-order chi connectivity index (χ1) is 12.9. The second-order valence-corrected chi connectivity index (χ2v) is 6.21. The molecule has 0 fully saturated rings. The molecule has 0 aliphatic carbocycles. The van der Waals surface area contributed by atoms with Crippen molar-refractivity contribution in [3.8, 4) is 0 Å². The normalized spacial score (nSPS) is 11.7. The summed E-state index contributed by atoms with van der Waals surface area (Å²) >= 11 is 3.22. The van der Waals surface area contributed by atoms with E-state index in [1.165, 1.54) is 31.3 Å². The number of amides is 3. The monoisotopic (exact) mass is 434 g/mol. The third-order valence-corrected chi connectivity index (χ3v) is 3.89. The average molecular weight is 435 g/mol. The standard InChI is InChI=1S/C19H16BrFN2O4/c1-22-19(26)23-18(25)17(12-5-3-2-4-6-12)27-16(24)10-7-13-11-14(20)8-9-15(13)21/h2-11,17H,1H3,(H2,22,23,25,26)/b10-7+. The molecule has 140 valence electrons. The second kappa shape index (κ2) is 9.63. The van der Waals surface area contributed by atoms with Crippen molar-refractivity contribution in [3.63, 3.8) is 0 Å². The van der Waals surface area contributed by atoms with E-state index in [1.807, 2.05) is 0 Å². The molecule has 8 heteroatoms. The molecule has 0 aromatic heterocycles. The zero-order chi connectivity index (χ0) is 19.8. The van der Waals surface area contributed by atoms with E-state index in [9.17, 15) is 18.8 Å². The van der Waals surface area contributed by atoms with E-state index in [-0.39, 0.29) is 5.56 Å². The number of hydrogen-bond acceptors (Lipinski definition) is 4. The fourth-order valence-electron chi connectivity index (χ4n) is 2.10. The Labute approximate surface area is 163 Å². The Kier molecular flexibility index (Phi) is 7.25. The Balaban J connectivity index is 2.17. The lowest BCUT2D eigenvalue weighted by atomic mass is 10.1. The number of nitrogens with one attached hydrogen (secondary N) is 2. The van der Waals surface area contributed by atoms with Gasteiger partial charge in [-0.05, 0) is 24.3 Å². The average Bonchev–Trinajstić information content (AvgIpc) is 2.67. The Bertz CT molecular complexity index is 871. The Morgan fingerprint density at radius 1 is 1.15 bits per heavy atom. The van der Waals surface area contributed by atoms with Gasteiger partial charge < -0.3 is 10.1 Å². The molecule has 1 atom stereocenters. The number of hydrogen-bond donors (Lipinski definition) is 2. The first-order valence-electron chi connectivity index (χ1n) is 7.82. The van der Waals surface area contributed by atoms with E-state index < -0.39 is 29.8 Å². The molecule has 2 aromatic carbocycles.